The molecule has 1 amide bonds. The molecule has 2 aromatic heterocycles. The van der Waals surface area contributed by atoms with Crippen molar-refractivity contribution in [3.05, 3.63) is 82.6 Å². The number of thiazole rings is 1. The molecule has 5 rings (SSSR count). The van der Waals surface area contributed by atoms with Gasteiger partial charge >= 0.3 is 0 Å². The van der Waals surface area contributed by atoms with Crippen molar-refractivity contribution in [1.82, 2.24) is 19.9 Å². The number of aromatic nitrogens is 3. The molecule has 7 nitrogen and oxygen atoms in total. The van der Waals surface area contributed by atoms with Gasteiger partial charge in [-0.05, 0) is 32.9 Å². The highest BCUT2D eigenvalue weighted by Gasteiger charge is 2.26. The van der Waals surface area contributed by atoms with Gasteiger partial charge in [0.15, 0.2) is 0 Å². The summed E-state index contributed by atoms with van der Waals surface area (Å²) in [6.07, 6.45) is 0. The molecular formula is C27H28N6OS. The number of amides is 1. The number of nitrogens with one attached hydrogen (secondary N) is 1. The van der Waals surface area contributed by atoms with E-state index in [1.54, 1.807) is 0 Å². The van der Waals surface area contributed by atoms with Gasteiger partial charge in [0.05, 0.1) is 5.69 Å². The minimum absolute atomic E-state index is 0.0578. The molecule has 1 saturated heterocycles. The van der Waals surface area contributed by atoms with Gasteiger partial charge < -0.3 is 15.1 Å². The van der Waals surface area contributed by atoms with Crippen LogP contribution in [0.1, 0.15) is 26.8 Å². The minimum atomic E-state index is 0.0578. The van der Waals surface area contributed by atoms with Gasteiger partial charge in [-0.15, -0.1) is 11.3 Å². The molecule has 1 fully saturated rings. The van der Waals surface area contributed by atoms with Gasteiger partial charge in [0.25, 0.3) is 5.91 Å². The number of carbonyl (C=O) groups excluding carboxylic acids is 1. The Morgan fingerprint density at radius 3 is 2.31 bits per heavy atom. The Morgan fingerprint density at radius 1 is 0.886 bits per heavy atom. The molecule has 178 valence electrons. The number of rotatable bonds is 5. The van der Waals surface area contributed by atoms with Gasteiger partial charge in [0.2, 0.25) is 0 Å². The smallest absolute Gasteiger partial charge is 0.265 e. The van der Waals surface area contributed by atoms with Crippen LogP contribution >= 0.6 is 11.3 Å². The van der Waals surface area contributed by atoms with Crippen molar-refractivity contribution in [2.75, 3.05) is 36.4 Å². The van der Waals surface area contributed by atoms with E-state index >= 15 is 0 Å². The van der Waals surface area contributed by atoms with E-state index in [1.165, 1.54) is 16.9 Å². The first-order valence-electron chi connectivity index (χ1n) is 11.7. The zero-order valence-corrected chi connectivity index (χ0v) is 21.0. The second-order valence-corrected chi connectivity index (χ2v) is 9.73. The summed E-state index contributed by atoms with van der Waals surface area (Å²) in [4.78, 5) is 32.0. The molecule has 4 aromatic rings. The standard InChI is InChI=1S/C27H28N6OS/c1-18-9-11-22(12-10-18)31-23-17-24(30-20(3)29-23)32-13-15-33(16-14-32)27(34)25-19(2)28-26(35-25)21-7-5-4-6-8-21/h4-12,17H,13-16H2,1-3H3,(H,29,30,31). The summed E-state index contributed by atoms with van der Waals surface area (Å²) in [6, 6.07) is 20.2. The number of aryl methyl sites for hydroxylation is 3. The van der Waals surface area contributed by atoms with Crippen molar-refractivity contribution in [3.8, 4) is 10.6 Å². The van der Waals surface area contributed by atoms with Crippen LogP contribution in [0.2, 0.25) is 0 Å². The van der Waals surface area contributed by atoms with Crippen LogP contribution in [-0.2, 0) is 0 Å². The summed E-state index contributed by atoms with van der Waals surface area (Å²) in [5.41, 5.74) is 4.04. The molecule has 2 aromatic carbocycles. The fourth-order valence-electron chi connectivity index (χ4n) is 4.14. The van der Waals surface area contributed by atoms with Crippen LogP contribution < -0.4 is 10.2 Å². The maximum Gasteiger partial charge on any atom is 0.265 e. The maximum atomic E-state index is 13.3. The number of hydrogen-bond acceptors (Lipinski definition) is 7. The second-order valence-electron chi connectivity index (χ2n) is 8.73. The topological polar surface area (TPSA) is 74.2 Å². The molecule has 1 aliphatic rings. The zero-order chi connectivity index (χ0) is 24.4. The van der Waals surface area contributed by atoms with Crippen molar-refractivity contribution < 1.29 is 4.79 Å². The third-order valence-electron chi connectivity index (χ3n) is 6.05. The minimum Gasteiger partial charge on any atom is -0.353 e. The lowest BCUT2D eigenvalue weighted by atomic mass is 10.2. The van der Waals surface area contributed by atoms with Crippen LogP contribution in [0.25, 0.3) is 10.6 Å². The molecule has 0 saturated carbocycles. The number of piperazine rings is 1. The van der Waals surface area contributed by atoms with Gasteiger partial charge in [0, 0.05) is 43.5 Å². The lowest BCUT2D eigenvalue weighted by Crippen LogP contribution is -2.49. The Bertz CT molecular complexity index is 1330. The van der Waals surface area contributed by atoms with Crippen molar-refractivity contribution in [2.45, 2.75) is 20.8 Å². The van der Waals surface area contributed by atoms with Crippen LogP contribution in [0.5, 0.6) is 0 Å². The van der Waals surface area contributed by atoms with Gasteiger partial charge in [-0.3, -0.25) is 4.79 Å². The Labute approximate surface area is 209 Å². The number of carbonyl (C=O) groups is 1. The third kappa shape index (κ3) is 5.17. The normalized spacial score (nSPS) is 13.7. The van der Waals surface area contributed by atoms with E-state index in [2.05, 4.69) is 44.2 Å². The lowest BCUT2D eigenvalue weighted by molar-refractivity contribution is 0.0750. The second kappa shape index (κ2) is 9.84. The number of anilines is 3. The average molecular weight is 485 g/mol. The van der Waals surface area contributed by atoms with Crippen molar-refractivity contribution in [2.24, 2.45) is 0 Å². The van der Waals surface area contributed by atoms with Crippen molar-refractivity contribution in [1.29, 1.82) is 0 Å². The fraction of sp³-hybridized carbons (Fsp3) is 0.259. The highest BCUT2D eigenvalue weighted by molar-refractivity contribution is 7.17. The van der Waals surface area contributed by atoms with Gasteiger partial charge in [-0.1, -0.05) is 48.0 Å². The molecule has 1 N–H and O–H groups in total. The molecule has 0 aliphatic carbocycles. The molecule has 0 unspecified atom stereocenters. The fourth-order valence-corrected chi connectivity index (χ4v) is 5.18. The average Bonchev–Trinajstić information content (AvgIpc) is 3.27. The van der Waals surface area contributed by atoms with Crippen LogP contribution in [0, 0.1) is 20.8 Å². The predicted molar refractivity (Wildman–Crippen MR) is 142 cm³/mol. The van der Waals surface area contributed by atoms with E-state index < -0.39 is 0 Å². The third-order valence-corrected chi connectivity index (χ3v) is 7.25. The summed E-state index contributed by atoms with van der Waals surface area (Å²) in [5, 5.41) is 4.26. The summed E-state index contributed by atoms with van der Waals surface area (Å²) in [6.45, 7) is 8.60. The lowest BCUT2D eigenvalue weighted by Gasteiger charge is -2.35. The predicted octanol–water partition coefficient (Wildman–Crippen LogP) is 5.23. The van der Waals surface area contributed by atoms with Gasteiger partial charge in [-0.25, -0.2) is 15.0 Å². The maximum absolute atomic E-state index is 13.3. The van der Waals surface area contributed by atoms with Crippen LogP contribution in [0.4, 0.5) is 17.3 Å². The first kappa shape index (κ1) is 23.0. The van der Waals surface area contributed by atoms with E-state index in [0.29, 0.717) is 18.9 Å². The van der Waals surface area contributed by atoms with Crippen LogP contribution in [0.3, 0.4) is 0 Å². The molecule has 8 heteroatoms. The molecule has 35 heavy (non-hydrogen) atoms. The van der Waals surface area contributed by atoms with E-state index in [4.69, 9.17) is 0 Å². The Kier molecular flexibility index (Phi) is 6.46. The van der Waals surface area contributed by atoms with E-state index in [9.17, 15) is 4.79 Å². The van der Waals surface area contributed by atoms with Crippen LogP contribution in [-0.4, -0.2) is 51.9 Å². The van der Waals surface area contributed by atoms with E-state index in [1.807, 2.05) is 67.3 Å². The van der Waals surface area contributed by atoms with Crippen molar-refractivity contribution in [3.63, 3.8) is 0 Å². The quantitative estimate of drug-likeness (QED) is 0.418. The number of benzene rings is 2. The van der Waals surface area contributed by atoms with E-state index in [-0.39, 0.29) is 5.91 Å². The summed E-state index contributed by atoms with van der Waals surface area (Å²) in [7, 11) is 0. The molecule has 0 atom stereocenters. The summed E-state index contributed by atoms with van der Waals surface area (Å²) in [5.74, 6) is 2.41. The molecular weight excluding hydrogens is 456 g/mol. The first-order valence-corrected chi connectivity index (χ1v) is 12.5. The number of nitrogens with zero attached hydrogens (tertiary/aromatic N) is 5. The first-order chi connectivity index (χ1) is 17.0. The van der Waals surface area contributed by atoms with Crippen LogP contribution in [0.15, 0.2) is 60.7 Å². The van der Waals surface area contributed by atoms with Gasteiger partial charge in [-0.2, -0.15) is 0 Å². The summed E-state index contributed by atoms with van der Waals surface area (Å²) < 4.78 is 0. The van der Waals surface area contributed by atoms with Gasteiger partial charge in [0.1, 0.15) is 27.3 Å². The Balaban J connectivity index is 1.26. The molecule has 1 aliphatic heterocycles. The Morgan fingerprint density at radius 2 is 1.60 bits per heavy atom. The molecule has 0 bridgehead atoms. The molecule has 0 spiro atoms. The highest BCUT2D eigenvalue weighted by Crippen LogP contribution is 2.29. The summed E-state index contributed by atoms with van der Waals surface area (Å²) >= 11 is 1.47. The zero-order valence-electron chi connectivity index (χ0n) is 20.2. The monoisotopic (exact) mass is 484 g/mol. The number of hydrogen-bond donors (Lipinski definition) is 1. The Hall–Kier alpha value is -3.78. The van der Waals surface area contributed by atoms with Crippen molar-refractivity contribution >= 4 is 34.6 Å². The van der Waals surface area contributed by atoms with E-state index in [0.717, 1.165) is 51.6 Å². The molecule has 0 radical (unpaired) electrons. The molecule has 3 heterocycles. The highest BCUT2D eigenvalue weighted by atomic mass is 32.1. The SMILES string of the molecule is Cc1ccc(Nc2cc(N3CCN(C(=O)c4sc(-c5ccccc5)nc4C)CC3)nc(C)n2)cc1. The largest absolute Gasteiger partial charge is 0.353 e.